The van der Waals surface area contributed by atoms with Crippen LogP contribution in [0.3, 0.4) is 0 Å². The smallest absolute Gasteiger partial charge is 0.213 e. The van der Waals surface area contributed by atoms with Crippen molar-refractivity contribution < 1.29 is 13.9 Å². The monoisotopic (exact) mass is 408 g/mol. The van der Waals surface area contributed by atoms with Crippen LogP contribution in [0.4, 0.5) is 4.39 Å². The van der Waals surface area contributed by atoms with Gasteiger partial charge in [0.2, 0.25) is 6.23 Å². The first-order chi connectivity index (χ1) is 14.1. The fourth-order valence-electron chi connectivity index (χ4n) is 3.90. The van der Waals surface area contributed by atoms with Crippen molar-refractivity contribution in [3.05, 3.63) is 94.3 Å². The minimum atomic E-state index is -0.514. The summed E-state index contributed by atoms with van der Waals surface area (Å²) in [7, 11) is 1.64. The molecule has 2 atom stereocenters. The van der Waals surface area contributed by atoms with E-state index in [0.717, 1.165) is 33.9 Å². The maximum absolute atomic E-state index is 13.9. The Labute approximate surface area is 173 Å². The van der Waals surface area contributed by atoms with Crippen LogP contribution in [-0.4, -0.2) is 17.8 Å². The third-order valence-corrected chi connectivity index (χ3v) is 5.54. The Balaban J connectivity index is 1.58. The zero-order valence-electron chi connectivity index (χ0n) is 15.7. The molecule has 0 amide bonds. The van der Waals surface area contributed by atoms with Gasteiger partial charge in [-0.15, -0.1) is 0 Å². The van der Waals surface area contributed by atoms with Crippen LogP contribution in [0.5, 0.6) is 11.5 Å². The molecule has 0 saturated heterocycles. The predicted octanol–water partition coefficient (Wildman–Crippen LogP) is 5.73. The summed E-state index contributed by atoms with van der Waals surface area (Å²) in [5.74, 6) is 1.24. The average Bonchev–Trinajstić information content (AvgIpc) is 3.19. The van der Waals surface area contributed by atoms with Gasteiger partial charge in [-0.1, -0.05) is 23.7 Å². The molecule has 2 heterocycles. The predicted molar refractivity (Wildman–Crippen MR) is 110 cm³/mol. The molecule has 0 saturated carbocycles. The first kappa shape index (κ1) is 18.0. The van der Waals surface area contributed by atoms with Crippen LogP contribution in [-0.2, 0) is 0 Å². The number of ether oxygens (including phenoxy) is 2. The van der Waals surface area contributed by atoms with Crippen LogP contribution in [0.2, 0.25) is 5.02 Å². The lowest BCUT2D eigenvalue weighted by atomic mass is 9.96. The quantitative estimate of drug-likeness (QED) is 0.555. The Morgan fingerprint density at radius 1 is 1.10 bits per heavy atom. The highest BCUT2D eigenvalue weighted by Crippen LogP contribution is 2.48. The normalized spacial score (nSPS) is 19.8. The SMILES string of the molecule is COc1ccc(C2=NN3[C@H](C2)c2cc(Cl)ccc2O[C@@H]3c2cccc(F)c2)cc1. The van der Waals surface area contributed by atoms with Gasteiger partial charge in [0.25, 0.3) is 0 Å². The van der Waals surface area contributed by atoms with Gasteiger partial charge in [-0.2, -0.15) is 5.10 Å². The topological polar surface area (TPSA) is 34.1 Å². The van der Waals surface area contributed by atoms with Crippen LogP contribution in [0.15, 0.2) is 71.8 Å². The third-order valence-electron chi connectivity index (χ3n) is 5.31. The summed E-state index contributed by atoms with van der Waals surface area (Å²) in [4.78, 5) is 0. The van der Waals surface area contributed by atoms with E-state index in [-0.39, 0.29) is 11.9 Å². The highest BCUT2D eigenvalue weighted by molar-refractivity contribution is 6.30. The molecule has 6 heteroatoms. The summed E-state index contributed by atoms with van der Waals surface area (Å²) in [6.45, 7) is 0. The van der Waals surface area contributed by atoms with E-state index in [0.29, 0.717) is 11.4 Å². The van der Waals surface area contributed by atoms with Crippen LogP contribution >= 0.6 is 11.6 Å². The molecular weight excluding hydrogens is 391 g/mol. The first-order valence-corrected chi connectivity index (χ1v) is 9.72. The molecular formula is C23H18ClFN2O2. The van der Waals surface area contributed by atoms with Crippen molar-refractivity contribution in [1.29, 1.82) is 0 Å². The van der Waals surface area contributed by atoms with Gasteiger partial charge in [-0.3, -0.25) is 0 Å². The summed E-state index contributed by atoms with van der Waals surface area (Å²) in [6.07, 6.45) is 0.189. The number of halogens is 2. The van der Waals surface area contributed by atoms with E-state index in [1.54, 1.807) is 19.2 Å². The van der Waals surface area contributed by atoms with Crippen molar-refractivity contribution in [3.63, 3.8) is 0 Å². The van der Waals surface area contributed by atoms with Crippen LogP contribution < -0.4 is 9.47 Å². The lowest BCUT2D eigenvalue weighted by Gasteiger charge is -2.38. The number of rotatable bonds is 3. The Hall–Kier alpha value is -3.05. The second kappa shape index (κ2) is 7.08. The number of fused-ring (bicyclic) bond motifs is 3. The molecule has 2 aliphatic heterocycles. The molecule has 0 unspecified atom stereocenters. The van der Waals surface area contributed by atoms with Crippen LogP contribution in [0, 0.1) is 5.82 Å². The highest BCUT2D eigenvalue weighted by atomic mass is 35.5. The summed E-state index contributed by atoms with van der Waals surface area (Å²) < 4.78 is 25.4. The molecule has 29 heavy (non-hydrogen) atoms. The second-order valence-electron chi connectivity index (χ2n) is 7.08. The van der Waals surface area contributed by atoms with E-state index >= 15 is 0 Å². The van der Waals surface area contributed by atoms with Gasteiger partial charge in [0.05, 0.1) is 18.9 Å². The van der Waals surface area contributed by atoms with Crippen molar-refractivity contribution >= 4 is 17.3 Å². The summed E-state index contributed by atoms with van der Waals surface area (Å²) in [5, 5.41) is 7.43. The largest absolute Gasteiger partial charge is 0.497 e. The Kier molecular flexibility index (Phi) is 4.40. The molecule has 3 aromatic carbocycles. The van der Waals surface area contributed by atoms with Gasteiger partial charge in [-0.25, -0.2) is 9.40 Å². The number of methoxy groups -OCH3 is 1. The minimum absolute atomic E-state index is 0.0391. The van der Waals surface area contributed by atoms with E-state index in [2.05, 4.69) is 0 Å². The maximum atomic E-state index is 13.9. The fraction of sp³-hybridized carbons (Fsp3) is 0.174. The minimum Gasteiger partial charge on any atom is -0.497 e. The lowest BCUT2D eigenvalue weighted by molar-refractivity contribution is -0.0192. The zero-order valence-corrected chi connectivity index (χ0v) is 16.4. The van der Waals surface area contributed by atoms with Gasteiger partial charge in [0, 0.05) is 22.6 Å². The van der Waals surface area contributed by atoms with E-state index < -0.39 is 6.23 Å². The molecule has 0 radical (unpaired) electrons. The average molecular weight is 409 g/mol. The number of hydrogen-bond acceptors (Lipinski definition) is 4. The van der Waals surface area contributed by atoms with Gasteiger partial charge in [0.1, 0.15) is 17.3 Å². The van der Waals surface area contributed by atoms with Crippen molar-refractivity contribution in [2.24, 2.45) is 5.10 Å². The molecule has 0 fully saturated rings. The Morgan fingerprint density at radius 2 is 1.93 bits per heavy atom. The fourth-order valence-corrected chi connectivity index (χ4v) is 4.08. The number of benzene rings is 3. The van der Waals surface area contributed by atoms with E-state index in [4.69, 9.17) is 26.2 Å². The van der Waals surface area contributed by atoms with Gasteiger partial charge in [-0.05, 0) is 60.2 Å². The van der Waals surface area contributed by atoms with Crippen molar-refractivity contribution in [2.75, 3.05) is 7.11 Å². The van der Waals surface area contributed by atoms with Gasteiger partial charge in [0.15, 0.2) is 0 Å². The summed E-state index contributed by atoms with van der Waals surface area (Å²) in [6, 6.07) is 19.8. The molecule has 0 N–H and O–H groups in total. The van der Waals surface area contributed by atoms with Crippen LogP contribution in [0.1, 0.15) is 35.4 Å². The molecule has 0 spiro atoms. The van der Waals surface area contributed by atoms with E-state index in [1.165, 1.54) is 12.1 Å². The molecule has 4 nitrogen and oxygen atoms in total. The van der Waals surface area contributed by atoms with Gasteiger partial charge >= 0.3 is 0 Å². The number of nitrogens with zero attached hydrogens (tertiary/aromatic N) is 2. The van der Waals surface area contributed by atoms with Crippen molar-refractivity contribution in [1.82, 2.24) is 5.01 Å². The van der Waals surface area contributed by atoms with Crippen molar-refractivity contribution in [3.8, 4) is 11.5 Å². The maximum Gasteiger partial charge on any atom is 0.213 e. The second-order valence-corrected chi connectivity index (χ2v) is 7.52. The highest BCUT2D eigenvalue weighted by Gasteiger charge is 2.41. The van der Waals surface area contributed by atoms with Crippen molar-refractivity contribution in [2.45, 2.75) is 18.7 Å². The number of hydrazone groups is 1. The van der Waals surface area contributed by atoms with E-state index in [1.807, 2.05) is 47.5 Å². The molecule has 0 bridgehead atoms. The summed E-state index contributed by atoms with van der Waals surface area (Å²) in [5.41, 5.74) is 3.66. The van der Waals surface area contributed by atoms with E-state index in [9.17, 15) is 4.39 Å². The molecule has 146 valence electrons. The third kappa shape index (κ3) is 3.21. The Morgan fingerprint density at radius 3 is 2.69 bits per heavy atom. The lowest BCUT2D eigenvalue weighted by Crippen LogP contribution is -2.33. The standard InChI is InChI=1S/C23H18ClFN2O2/c1-28-18-8-5-14(6-9-18)20-13-21-19-12-16(24)7-10-22(19)29-23(27(21)26-20)15-3-2-4-17(25)11-15/h2-12,21,23H,13H2,1H3/t21-,23-/m1/s1. The molecule has 2 aliphatic rings. The first-order valence-electron chi connectivity index (χ1n) is 9.34. The van der Waals surface area contributed by atoms with Crippen LogP contribution in [0.25, 0.3) is 0 Å². The molecule has 5 rings (SSSR count). The number of hydrogen-bond donors (Lipinski definition) is 0. The van der Waals surface area contributed by atoms with Gasteiger partial charge < -0.3 is 9.47 Å². The molecule has 0 aromatic heterocycles. The zero-order chi connectivity index (χ0) is 20.0. The molecule has 3 aromatic rings. The Bertz CT molecular complexity index is 1100. The summed E-state index contributed by atoms with van der Waals surface area (Å²) >= 11 is 6.25. The molecule has 0 aliphatic carbocycles.